The van der Waals surface area contributed by atoms with Crippen molar-refractivity contribution in [2.45, 2.75) is 32.2 Å². The molecular weight excluding hydrogens is 260 g/mol. The summed E-state index contributed by atoms with van der Waals surface area (Å²) in [4.78, 5) is 31.7. The van der Waals surface area contributed by atoms with Crippen LogP contribution in [0.2, 0.25) is 0 Å². The lowest BCUT2D eigenvalue weighted by molar-refractivity contribution is -0.142. The predicted octanol–water partition coefficient (Wildman–Crippen LogP) is 0.847. The summed E-state index contributed by atoms with van der Waals surface area (Å²) in [5, 5.41) is 11.9. The highest BCUT2D eigenvalue weighted by Gasteiger charge is 2.39. The normalized spacial score (nSPS) is 21.9. The Kier molecular flexibility index (Phi) is 4.60. The summed E-state index contributed by atoms with van der Waals surface area (Å²) in [7, 11) is 0. The molecule has 110 valence electrons. The number of aromatic amines is 1. The molecule has 0 saturated carbocycles. The number of carboxylic acid groups (broad SMARTS) is 1. The maximum atomic E-state index is 12.0. The predicted molar refractivity (Wildman–Crippen MR) is 72.2 cm³/mol. The van der Waals surface area contributed by atoms with E-state index in [1.807, 2.05) is 6.92 Å². The second-order valence-electron chi connectivity index (χ2n) is 5.11. The van der Waals surface area contributed by atoms with E-state index >= 15 is 0 Å². The van der Waals surface area contributed by atoms with Gasteiger partial charge in [-0.1, -0.05) is 6.92 Å². The van der Waals surface area contributed by atoms with Crippen LogP contribution < -0.4 is 5.32 Å². The summed E-state index contributed by atoms with van der Waals surface area (Å²) in [6.45, 7) is 2.88. The number of carbonyl (C=O) groups is 2. The van der Waals surface area contributed by atoms with E-state index in [2.05, 4.69) is 15.3 Å². The highest BCUT2D eigenvalue weighted by Crippen LogP contribution is 2.23. The number of imidazole rings is 1. The molecule has 1 fully saturated rings. The minimum atomic E-state index is -0.930. The lowest BCUT2D eigenvalue weighted by Gasteiger charge is -2.23. The zero-order chi connectivity index (χ0) is 14.5. The van der Waals surface area contributed by atoms with Crippen LogP contribution >= 0.6 is 0 Å². The molecule has 7 nitrogen and oxygen atoms in total. The summed E-state index contributed by atoms with van der Waals surface area (Å²) in [6, 6.07) is -0.999. The average molecular weight is 280 g/mol. The monoisotopic (exact) mass is 280 g/mol. The summed E-state index contributed by atoms with van der Waals surface area (Å²) in [6.07, 6.45) is 5.71. The van der Waals surface area contributed by atoms with Crippen LogP contribution in [0.3, 0.4) is 0 Å². The first kappa shape index (κ1) is 14.4. The molecule has 0 bridgehead atoms. The fraction of sp³-hybridized carbons (Fsp3) is 0.615. The number of H-pyrrole nitrogens is 1. The first-order chi connectivity index (χ1) is 9.59. The standard InChI is InChI=1S/C13H20N4O3/c1-9-4-8-17(11(9)12(18)19)13(20)16-5-2-3-10-14-6-7-15-10/h6-7,9,11H,2-5,8H2,1H3,(H,14,15)(H,16,20)(H,18,19). The van der Waals surface area contributed by atoms with Gasteiger partial charge in [0.25, 0.3) is 0 Å². The Hall–Kier alpha value is -2.05. The Balaban J connectivity index is 1.75. The lowest BCUT2D eigenvalue weighted by atomic mass is 10.0. The molecule has 7 heteroatoms. The number of aryl methyl sites for hydroxylation is 1. The number of nitrogens with one attached hydrogen (secondary N) is 2. The first-order valence-corrected chi connectivity index (χ1v) is 6.85. The van der Waals surface area contributed by atoms with Crippen LogP contribution in [0.1, 0.15) is 25.6 Å². The number of aromatic nitrogens is 2. The van der Waals surface area contributed by atoms with E-state index in [9.17, 15) is 9.59 Å². The van der Waals surface area contributed by atoms with Crippen LogP contribution in [0.4, 0.5) is 4.79 Å². The van der Waals surface area contributed by atoms with Crippen LogP contribution in [0, 0.1) is 5.92 Å². The topological polar surface area (TPSA) is 98.3 Å². The van der Waals surface area contributed by atoms with Crippen molar-refractivity contribution in [1.29, 1.82) is 0 Å². The highest BCUT2D eigenvalue weighted by atomic mass is 16.4. The third-order valence-corrected chi connectivity index (χ3v) is 3.64. The van der Waals surface area contributed by atoms with Gasteiger partial charge in [0.15, 0.2) is 0 Å². The Bertz CT molecular complexity index is 460. The van der Waals surface area contributed by atoms with E-state index in [0.29, 0.717) is 13.1 Å². The molecule has 2 unspecified atom stereocenters. The summed E-state index contributed by atoms with van der Waals surface area (Å²) < 4.78 is 0. The van der Waals surface area contributed by atoms with Crippen LogP contribution in [-0.4, -0.2) is 51.1 Å². The van der Waals surface area contributed by atoms with Gasteiger partial charge in [0, 0.05) is 31.9 Å². The van der Waals surface area contributed by atoms with E-state index in [4.69, 9.17) is 5.11 Å². The van der Waals surface area contributed by atoms with Gasteiger partial charge in [-0.15, -0.1) is 0 Å². The van der Waals surface area contributed by atoms with Gasteiger partial charge >= 0.3 is 12.0 Å². The van der Waals surface area contributed by atoms with Crippen molar-refractivity contribution in [1.82, 2.24) is 20.2 Å². The fourth-order valence-electron chi connectivity index (χ4n) is 2.54. The summed E-state index contributed by atoms with van der Waals surface area (Å²) >= 11 is 0. The van der Waals surface area contributed by atoms with Crippen molar-refractivity contribution in [2.75, 3.05) is 13.1 Å². The number of carbonyl (C=O) groups excluding carboxylic acids is 1. The smallest absolute Gasteiger partial charge is 0.326 e. The van der Waals surface area contributed by atoms with Gasteiger partial charge in [0.2, 0.25) is 0 Å². The van der Waals surface area contributed by atoms with Crippen molar-refractivity contribution in [3.05, 3.63) is 18.2 Å². The fourth-order valence-corrected chi connectivity index (χ4v) is 2.54. The second kappa shape index (κ2) is 6.40. The van der Waals surface area contributed by atoms with Gasteiger partial charge in [-0.25, -0.2) is 14.6 Å². The third kappa shape index (κ3) is 3.28. The van der Waals surface area contributed by atoms with Gasteiger partial charge in [-0.3, -0.25) is 0 Å². The molecular formula is C13H20N4O3. The van der Waals surface area contributed by atoms with Crippen molar-refractivity contribution in [3.63, 3.8) is 0 Å². The molecule has 0 aromatic carbocycles. The third-order valence-electron chi connectivity index (χ3n) is 3.64. The van der Waals surface area contributed by atoms with E-state index in [1.165, 1.54) is 4.90 Å². The molecule has 1 saturated heterocycles. The van der Waals surface area contributed by atoms with Gasteiger partial charge in [0.05, 0.1) is 0 Å². The Labute approximate surface area is 117 Å². The van der Waals surface area contributed by atoms with Gasteiger partial charge in [-0.2, -0.15) is 0 Å². The van der Waals surface area contributed by atoms with E-state index in [1.54, 1.807) is 12.4 Å². The maximum Gasteiger partial charge on any atom is 0.326 e. The summed E-state index contributed by atoms with van der Waals surface area (Å²) in [5.74, 6) is -0.0421. The van der Waals surface area contributed by atoms with E-state index in [-0.39, 0.29) is 11.9 Å². The Morgan fingerprint density at radius 3 is 3.05 bits per heavy atom. The molecule has 1 aliphatic heterocycles. The quantitative estimate of drug-likeness (QED) is 0.696. The minimum absolute atomic E-state index is 0.00127. The molecule has 3 N–H and O–H groups in total. The minimum Gasteiger partial charge on any atom is -0.480 e. The SMILES string of the molecule is CC1CCN(C(=O)NCCCc2ncc[nH]2)C1C(=O)O. The molecule has 2 rings (SSSR count). The van der Waals surface area contributed by atoms with Crippen molar-refractivity contribution < 1.29 is 14.7 Å². The molecule has 2 heterocycles. The Morgan fingerprint density at radius 1 is 1.60 bits per heavy atom. The number of hydrogen-bond donors (Lipinski definition) is 3. The van der Waals surface area contributed by atoms with Gasteiger partial charge in [0.1, 0.15) is 11.9 Å². The zero-order valence-corrected chi connectivity index (χ0v) is 11.5. The molecule has 1 aromatic rings. The number of hydrogen-bond acceptors (Lipinski definition) is 3. The summed E-state index contributed by atoms with van der Waals surface area (Å²) in [5.41, 5.74) is 0. The number of likely N-dealkylation sites (tertiary alicyclic amines) is 1. The lowest BCUT2D eigenvalue weighted by Crippen LogP contribution is -2.47. The number of rotatable bonds is 5. The highest BCUT2D eigenvalue weighted by molar-refractivity contribution is 5.83. The molecule has 0 spiro atoms. The van der Waals surface area contributed by atoms with Crippen molar-refractivity contribution >= 4 is 12.0 Å². The van der Waals surface area contributed by atoms with Crippen molar-refractivity contribution in [3.8, 4) is 0 Å². The second-order valence-corrected chi connectivity index (χ2v) is 5.11. The van der Waals surface area contributed by atoms with Gasteiger partial charge < -0.3 is 20.3 Å². The average Bonchev–Trinajstić information content (AvgIpc) is 3.03. The van der Waals surface area contributed by atoms with Gasteiger partial charge in [-0.05, 0) is 18.8 Å². The van der Waals surface area contributed by atoms with Crippen LogP contribution in [0.15, 0.2) is 12.4 Å². The number of amides is 2. The molecule has 1 aromatic heterocycles. The molecule has 2 atom stereocenters. The maximum absolute atomic E-state index is 12.0. The molecule has 0 radical (unpaired) electrons. The zero-order valence-electron chi connectivity index (χ0n) is 11.5. The largest absolute Gasteiger partial charge is 0.480 e. The molecule has 20 heavy (non-hydrogen) atoms. The number of nitrogens with zero attached hydrogens (tertiary/aromatic N) is 2. The Morgan fingerprint density at radius 2 is 2.40 bits per heavy atom. The van der Waals surface area contributed by atoms with E-state index < -0.39 is 12.0 Å². The molecule has 1 aliphatic rings. The van der Waals surface area contributed by atoms with E-state index in [0.717, 1.165) is 25.1 Å². The van der Waals surface area contributed by atoms with Crippen molar-refractivity contribution in [2.24, 2.45) is 5.92 Å². The molecule has 2 amide bonds. The number of carboxylic acids is 1. The number of urea groups is 1. The van der Waals surface area contributed by atoms with Crippen LogP contribution in [-0.2, 0) is 11.2 Å². The first-order valence-electron chi connectivity index (χ1n) is 6.85. The van der Waals surface area contributed by atoms with Crippen LogP contribution in [0.5, 0.6) is 0 Å². The number of aliphatic carboxylic acids is 1. The van der Waals surface area contributed by atoms with Crippen LogP contribution in [0.25, 0.3) is 0 Å². The molecule has 0 aliphatic carbocycles.